The fourth-order valence-corrected chi connectivity index (χ4v) is 6.53. The normalized spacial score (nSPS) is 17.8. The predicted octanol–water partition coefficient (Wildman–Crippen LogP) is 4.04. The number of aromatic nitrogens is 4. The number of alkyl halides is 3. The van der Waals surface area contributed by atoms with E-state index in [2.05, 4.69) is 9.72 Å². The first-order valence-corrected chi connectivity index (χ1v) is 14.9. The van der Waals surface area contributed by atoms with Crippen LogP contribution in [0.4, 0.5) is 13.2 Å². The number of nitrogens with zero attached hydrogens (tertiary/aromatic N) is 4. The summed E-state index contributed by atoms with van der Waals surface area (Å²) >= 11 is 1.45. The maximum absolute atomic E-state index is 14.1. The van der Waals surface area contributed by atoms with Gasteiger partial charge in [-0.05, 0) is 43.7 Å². The molecule has 2 aromatic heterocycles. The van der Waals surface area contributed by atoms with Crippen LogP contribution in [0.3, 0.4) is 0 Å². The van der Waals surface area contributed by atoms with Crippen LogP contribution in [0.5, 0.6) is 0 Å². The maximum Gasteiger partial charge on any atom is 0.491 e. The standard InChI is InChI=1S/C30H30F3N5O5S/c1-36-24-22(37(17-19-8-4-2-5-9-19)28(35-24)44-21-14-12-18(16-34)13-15-21)25(40)38(29(36)42)26(43-27(41)30(31,32)33)23(39)20-10-6-3-7-11-20/h2-11,18,21,26H,12-17,34H2,1H3. The minimum atomic E-state index is -5.49. The summed E-state index contributed by atoms with van der Waals surface area (Å²) in [5.74, 6) is -3.47. The molecular formula is C30H30F3N5O5S. The van der Waals surface area contributed by atoms with Crippen molar-refractivity contribution in [2.24, 2.45) is 18.7 Å². The summed E-state index contributed by atoms with van der Waals surface area (Å²) in [6.45, 7) is 0.748. The van der Waals surface area contributed by atoms with Gasteiger partial charge in [-0.2, -0.15) is 13.2 Å². The summed E-state index contributed by atoms with van der Waals surface area (Å²) < 4.78 is 47.4. The lowest BCUT2D eigenvalue weighted by atomic mass is 9.89. The summed E-state index contributed by atoms with van der Waals surface area (Å²) in [4.78, 5) is 57.8. The number of rotatable bonds is 9. The minimum Gasteiger partial charge on any atom is -0.426 e. The molecule has 4 aromatic rings. The average Bonchev–Trinajstić information content (AvgIpc) is 3.37. The van der Waals surface area contributed by atoms with Crippen molar-refractivity contribution in [3.8, 4) is 0 Å². The highest BCUT2D eigenvalue weighted by Crippen LogP contribution is 2.36. The molecule has 232 valence electrons. The smallest absolute Gasteiger partial charge is 0.426 e. The number of ketones is 1. The summed E-state index contributed by atoms with van der Waals surface area (Å²) in [5.41, 5.74) is 4.06. The number of nitrogens with two attached hydrogens (primary N) is 1. The van der Waals surface area contributed by atoms with Gasteiger partial charge in [0.15, 0.2) is 16.3 Å². The number of fused-ring (bicyclic) bond motifs is 1. The van der Waals surface area contributed by atoms with E-state index in [1.54, 1.807) is 10.6 Å². The van der Waals surface area contributed by atoms with Crippen molar-refractivity contribution in [2.75, 3.05) is 6.54 Å². The molecule has 1 saturated carbocycles. The Morgan fingerprint density at radius 1 is 1.02 bits per heavy atom. The zero-order valence-corrected chi connectivity index (χ0v) is 24.5. The molecule has 0 spiro atoms. The molecule has 0 saturated heterocycles. The van der Waals surface area contributed by atoms with Gasteiger partial charge in [-0.15, -0.1) is 0 Å². The summed E-state index contributed by atoms with van der Waals surface area (Å²) in [7, 11) is 1.29. The second kappa shape index (κ2) is 12.8. The van der Waals surface area contributed by atoms with Crippen molar-refractivity contribution in [2.45, 2.75) is 55.0 Å². The molecular weight excluding hydrogens is 599 g/mol. The third-order valence-electron chi connectivity index (χ3n) is 7.70. The zero-order chi connectivity index (χ0) is 31.6. The minimum absolute atomic E-state index is 0.0154. The molecule has 5 rings (SSSR count). The van der Waals surface area contributed by atoms with E-state index >= 15 is 0 Å². The maximum atomic E-state index is 14.1. The number of benzene rings is 2. The van der Waals surface area contributed by atoms with Gasteiger partial charge in [-0.25, -0.2) is 19.1 Å². The van der Waals surface area contributed by atoms with Crippen LogP contribution < -0.4 is 17.0 Å². The molecule has 0 amide bonds. The monoisotopic (exact) mass is 629 g/mol. The Bertz CT molecular complexity index is 1780. The Kier molecular flexibility index (Phi) is 9.11. The molecule has 1 aliphatic rings. The number of aryl methyl sites for hydroxylation is 1. The van der Waals surface area contributed by atoms with Gasteiger partial charge in [0.05, 0.1) is 6.54 Å². The van der Waals surface area contributed by atoms with E-state index in [1.807, 2.05) is 30.3 Å². The molecule has 2 N–H and O–H groups in total. The van der Waals surface area contributed by atoms with E-state index in [-0.39, 0.29) is 33.1 Å². The molecule has 2 heterocycles. The topological polar surface area (TPSA) is 131 Å². The number of hydrogen-bond donors (Lipinski definition) is 1. The summed E-state index contributed by atoms with van der Waals surface area (Å²) in [6, 6.07) is 16.1. The highest BCUT2D eigenvalue weighted by molar-refractivity contribution is 7.99. The highest BCUT2D eigenvalue weighted by atomic mass is 32.2. The SMILES string of the molecule is Cn1c(=O)n(C(OC(=O)C(F)(F)F)C(=O)c2ccccc2)c(=O)c2c1nc(SC1CCC(CN)CC1)n2Cc1ccccc1. The quantitative estimate of drug-likeness (QED) is 0.217. The number of esters is 1. The predicted molar refractivity (Wildman–Crippen MR) is 157 cm³/mol. The number of imidazole rings is 1. The number of thioether (sulfide) groups is 1. The Balaban J connectivity index is 1.69. The highest BCUT2D eigenvalue weighted by Gasteiger charge is 2.45. The fourth-order valence-electron chi connectivity index (χ4n) is 5.30. The van der Waals surface area contributed by atoms with Crippen molar-refractivity contribution >= 4 is 34.7 Å². The summed E-state index contributed by atoms with van der Waals surface area (Å²) in [6.07, 6.45) is -4.41. The number of Topliss-reactive ketones (excluding diaryl/α,β-unsaturated/α-hetero) is 1. The molecule has 10 nitrogen and oxygen atoms in total. The number of hydrogen-bond acceptors (Lipinski definition) is 8. The fraction of sp³-hybridized carbons (Fsp3) is 0.367. The molecule has 0 aliphatic heterocycles. The Labute approximate surface area is 253 Å². The van der Waals surface area contributed by atoms with Gasteiger partial charge < -0.3 is 15.0 Å². The first-order valence-electron chi connectivity index (χ1n) is 14.0. The summed E-state index contributed by atoms with van der Waals surface area (Å²) in [5, 5.41) is 0.590. The van der Waals surface area contributed by atoms with Crippen molar-refractivity contribution in [1.82, 2.24) is 18.7 Å². The number of halogens is 3. The van der Waals surface area contributed by atoms with E-state index < -0.39 is 35.4 Å². The van der Waals surface area contributed by atoms with Crippen LogP contribution in [-0.4, -0.2) is 48.4 Å². The van der Waals surface area contributed by atoms with Crippen molar-refractivity contribution in [3.63, 3.8) is 0 Å². The number of carbonyl (C=O) groups is 2. The lowest BCUT2D eigenvalue weighted by Gasteiger charge is -2.27. The van der Waals surface area contributed by atoms with E-state index in [0.717, 1.165) is 35.8 Å². The molecule has 1 aliphatic carbocycles. The van der Waals surface area contributed by atoms with Crippen LogP contribution >= 0.6 is 11.8 Å². The van der Waals surface area contributed by atoms with Gasteiger partial charge in [0.2, 0.25) is 12.0 Å². The van der Waals surface area contributed by atoms with Gasteiger partial charge in [0.25, 0.3) is 5.56 Å². The third-order valence-corrected chi connectivity index (χ3v) is 9.02. The van der Waals surface area contributed by atoms with Crippen LogP contribution in [0, 0.1) is 5.92 Å². The van der Waals surface area contributed by atoms with Crippen molar-refractivity contribution in [1.29, 1.82) is 0 Å². The largest absolute Gasteiger partial charge is 0.491 e. The lowest BCUT2D eigenvalue weighted by Crippen LogP contribution is -2.46. The van der Waals surface area contributed by atoms with Gasteiger partial charge in [-0.1, -0.05) is 72.4 Å². The van der Waals surface area contributed by atoms with Crippen LogP contribution in [0.1, 0.15) is 47.8 Å². The van der Waals surface area contributed by atoms with Crippen LogP contribution in [0.15, 0.2) is 75.4 Å². The van der Waals surface area contributed by atoms with Crippen LogP contribution in [-0.2, 0) is 23.1 Å². The van der Waals surface area contributed by atoms with Crippen LogP contribution in [0.25, 0.3) is 11.2 Å². The van der Waals surface area contributed by atoms with E-state index in [9.17, 15) is 32.3 Å². The molecule has 1 fully saturated rings. The Morgan fingerprint density at radius 3 is 2.23 bits per heavy atom. The van der Waals surface area contributed by atoms with E-state index in [1.165, 1.54) is 43.1 Å². The van der Waals surface area contributed by atoms with Crippen molar-refractivity contribution < 1.29 is 27.5 Å². The number of carbonyl (C=O) groups excluding carboxylic acids is 2. The Morgan fingerprint density at radius 2 is 1.64 bits per heavy atom. The molecule has 0 radical (unpaired) electrons. The van der Waals surface area contributed by atoms with Crippen LogP contribution in [0.2, 0.25) is 0 Å². The number of ether oxygens (including phenoxy) is 1. The molecule has 14 heteroatoms. The molecule has 1 unspecified atom stereocenters. The zero-order valence-electron chi connectivity index (χ0n) is 23.7. The molecule has 1 atom stereocenters. The van der Waals surface area contributed by atoms with Gasteiger partial charge in [-0.3, -0.25) is 14.2 Å². The first-order chi connectivity index (χ1) is 21.0. The Hall–Kier alpha value is -4.17. The van der Waals surface area contributed by atoms with Crippen molar-refractivity contribution in [3.05, 3.63) is 92.6 Å². The second-order valence-electron chi connectivity index (χ2n) is 10.6. The van der Waals surface area contributed by atoms with E-state index in [0.29, 0.717) is 17.6 Å². The first kappa shape index (κ1) is 31.3. The van der Waals surface area contributed by atoms with E-state index in [4.69, 9.17) is 5.73 Å². The van der Waals surface area contributed by atoms with Gasteiger partial charge >= 0.3 is 17.8 Å². The van der Waals surface area contributed by atoms with Gasteiger partial charge in [0, 0.05) is 17.9 Å². The molecule has 0 bridgehead atoms. The lowest BCUT2D eigenvalue weighted by molar-refractivity contribution is -0.206. The third kappa shape index (κ3) is 6.36. The van der Waals surface area contributed by atoms with Gasteiger partial charge in [0.1, 0.15) is 0 Å². The molecule has 44 heavy (non-hydrogen) atoms. The average molecular weight is 630 g/mol. The second-order valence-corrected chi connectivity index (χ2v) is 11.9. The molecule has 2 aromatic carbocycles.